The summed E-state index contributed by atoms with van der Waals surface area (Å²) in [5, 5.41) is 20.1. The maximum Gasteiger partial charge on any atom is 0.163 e. The first-order valence-corrected chi connectivity index (χ1v) is 10.9. The molecule has 0 bridgehead atoms. The van der Waals surface area contributed by atoms with Gasteiger partial charge in [-0.15, -0.1) is 0 Å². The Hall–Kier alpha value is -0.740. The number of carbonyl (C=O) groups is 2. The Labute approximate surface area is 165 Å². The normalized spacial score (nSPS) is 30.3. The molecular weight excluding hydrogens is 340 g/mol. The quantitative estimate of drug-likeness (QED) is 0.620. The van der Waals surface area contributed by atoms with Crippen LogP contribution in [-0.2, 0) is 9.59 Å². The molecule has 2 fully saturated rings. The molecule has 2 rings (SSSR count). The van der Waals surface area contributed by atoms with Crippen LogP contribution in [0.5, 0.6) is 0 Å². The van der Waals surface area contributed by atoms with Gasteiger partial charge in [0.05, 0.1) is 5.60 Å². The molecule has 4 heteroatoms. The fourth-order valence-corrected chi connectivity index (χ4v) is 5.71. The minimum atomic E-state index is -1.28. The molecule has 2 N–H and O–H groups in total. The van der Waals surface area contributed by atoms with Crippen molar-refractivity contribution in [1.29, 1.82) is 0 Å². The Kier molecular flexibility index (Phi) is 6.95. The van der Waals surface area contributed by atoms with Crippen LogP contribution in [0.25, 0.3) is 0 Å². The largest absolute Gasteiger partial charge is 0.390 e. The van der Waals surface area contributed by atoms with Crippen molar-refractivity contribution in [2.75, 3.05) is 0 Å². The van der Waals surface area contributed by atoms with E-state index in [-0.39, 0.29) is 17.1 Å². The summed E-state index contributed by atoms with van der Waals surface area (Å²) >= 11 is 0. The van der Waals surface area contributed by atoms with Crippen LogP contribution in [0.3, 0.4) is 0 Å². The number of rotatable bonds is 9. The highest BCUT2D eigenvalue weighted by atomic mass is 16.3. The Morgan fingerprint density at radius 1 is 1.19 bits per heavy atom. The van der Waals surface area contributed by atoms with Gasteiger partial charge >= 0.3 is 0 Å². The SMILES string of the molecule is CC(C)(O)CCCC(CCC(=O)C(C)(C)O)C1CCC2C(=O)CCCC21C. The first kappa shape index (κ1) is 22.5. The Morgan fingerprint density at radius 2 is 1.85 bits per heavy atom. The fourth-order valence-electron chi connectivity index (χ4n) is 5.71. The highest BCUT2D eigenvalue weighted by molar-refractivity contribution is 5.86. The van der Waals surface area contributed by atoms with Crippen LogP contribution >= 0.6 is 0 Å². The second-order valence-corrected chi connectivity index (χ2v) is 10.5. The highest BCUT2D eigenvalue weighted by Crippen LogP contribution is 2.58. The second-order valence-electron chi connectivity index (χ2n) is 10.5. The Morgan fingerprint density at radius 3 is 2.44 bits per heavy atom. The van der Waals surface area contributed by atoms with Crippen molar-refractivity contribution in [3.8, 4) is 0 Å². The summed E-state index contributed by atoms with van der Waals surface area (Å²) in [4.78, 5) is 24.8. The third-order valence-electron chi connectivity index (χ3n) is 7.29. The van der Waals surface area contributed by atoms with Crippen molar-refractivity contribution in [3.05, 3.63) is 0 Å². The van der Waals surface area contributed by atoms with E-state index in [9.17, 15) is 19.8 Å². The molecule has 0 heterocycles. The summed E-state index contributed by atoms with van der Waals surface area (Å²) in [5.74, 6) is 1.36. The average molecular weight is 381 g/mol. The molecule has 0 aromatic rings. The lowest BCUT2D eigenvalue weighted by molar-refractivity contribution is -0.135. The van der Waals surface area contributed by atoms with Crippen molar-refractivity contribution in [2.24, 2.45) is 23.2 Å². The zero-order valence-electron chi connectivity index (χ0n) is 18.0. The van der Waals surface area contributed by atoms with Gasteiger partial charge in [0.1, 0.15) is 11.4 Å². The number of hydrogen-bond donors (Lipinski definition) is 2. The monoisotopic (exact) mass is 380 g/mol. The van der Waals surface area contributed by atoms with Crippen molar-refractivity contribution in [1.82, 2.24) is 0 Å². The molecule has 0 amide bonds. The predicted octanol–water partition coefficient (Wildman–Crippen LogP) is 4.45. The zero-order chi connectivity index (χ0) is 20.5. The van der Waals surface area contributed by atoms with Gasteiger partial charge in [0.2, 0.25) is 0 Å². The maximum atomic E-state index is 12.5. The van der Waals surface area contributed by atoms with E-state index >= 15 is 0 Å². The summed E-state index contributed by atoms with van der Waals surface area (Å²) in [5.41, 5.74) is -1.89. The standard InChI is InChI=1S/C23H40O4/c1-21(2,26)14-6-8-16(10-13-20(25)22(3,4)27)17-11-12-18-19(24)9-7-15-23(17,18)5/h16-18,26-27H,6-15H2,1-5H3. The van der Waals surface area contributed by atoms with Gasteiger partial charge in [0, 0.05) is 18.8 Å². The molecule has 4 unspecified atom stereocenters. The van der Waals surface area contributed by atoms with Crippen LogP contribution in [0.15, 0.2) is 0 Å². The van der Waals surface area contributed by atoms with Gasteiger partial charge in [-0.1, -0.05) is 19.8 Å². The first-order chi connectivity index (χ1) is 12.3. The smallest absolute Gasteiger partial charge is 0.163 e. The summed E-state index contributed by atoms with van der Waals surface area (Å²) in [6.07, 6.45) is 8.69. The van der Waals surface area contributed by atoms with Gasteiger partial charge < -0.3 is 10.2 Å². The van der Waals surface area contributed by atoms with E-state index < -0.39 is 11.2 Å². The van der Waals surface area contributed by atoms with Crippen LogP contribution in [0.4, 0.5) is 0 Å². The van der Waals surface area contributed by atoms with Gasteiger partial charge in [0.15, 0.2) is 5.78 Å². The van der Waals surface area contributed by atoms with Gasteiger partial charge in [-0.3, -0.25) is 9.59 Å². The van der Waals surface area contributed by atoms with E-state index in [4.69, 9.17) is 0 Å². The molecule has 0 spiro atoms. The molecule has 0 aromatic heterocycles. The van der Waals surface area contributed by atoms with E-state index in [1.807, 2.05) is 13.8 Å². The third kappa shape index (κ3) is 5.63. The molecule has 0 radical (unpaired) electrons. The van der Waals surface area contributed by atoms with E-state index in [1.54, 1.807) is 13.8 Å². The van der Waals surface area contributed by atoms with Gasteiger partial charge in [-0.2, -0.15) is 0 Å². The summed E-state index contributed by atoms with van der Waals surface area (Å²) in [6, 6.07) is 0. The van der Waals surface area contributed by atoms with Crippen molar-refractivity contribution in [2.45, 2.75) is 110 Å². The van der Waals surface area contributed by atoms with Crippen LogP contribution in [0.1, 0.15) is 98.8 Å². The van der Waals surface area contributed by atoms with E-state index in [1.165, 1.54) is 0 Å². The summed E-state index contributed by atoms with van der Waals surface area (Å²) in [7, 11) is 0. The first-order valence-electron chi connectivity index (χ1n) is 10.9. The van der Waals surface area contributed by atoms with Gasteiger partial charge in [0.25, 0.3) is 0 Å². The Balaban J connectivity index is 2.11. The van der Waals surface area contributed by atoms with Crippen LogP contribution < -0.4 is 0 Å². The van der Waals surface area contributed by atoms with E-state index in [0.717, 1.165) is 57.8 Å². The van der Waals surface area contributed by atoms with Gasteiger partial charge in [-0.05, 0) is 83.5 Å². The number of fused-ring (bicyclic) bond motifs is 1. The lowest BCUT2D eigenvalue weighted by Gasteiger charge is -2.43. The number of Topliss-reactive ketones (excluding diaryl/α,β-unsaturated/α-hetero) is 2. The molecule has 4 nitrogen and oxygen atoms in total. The van der Waals surface area contributed by atoms with Crippen LogP contribution in [-0.4, -0.2) is 33.0 Å². The fraction of sp³-hybridized carbons (Fsp3) is 0.913. The molecular formula is C23H40O4. The number of hydrogen-bond acceptors (Lipinski definition) is 4. The molecule has 2 aliphatic carbocycles. The topological polar surface area (TPSA) is 74.6 Å². The van der Waals surface area contributed by atoms with E-state index in [2.05, 4.69) is 6.92 Å². The number of aliphatic hydroxyl groups is 2. The lowest BCUT2D eigenvalue weighted by atomic mass is 9.61. The molecule has 0 saturated heterocycles. The minimum Gasteiger partial charge on any atom is -0.390 e. The summed E-state index contributed by atoms with van der Waals surface area (Å²) in [6.45, 7) is 9.10. The third-order valence-corrected chi connectivity index (χ3v) is 7.29. The molecule has 0 aliphatic heterocycles. The molecule has 27 heavy (non-hydrogen) atoms. The predicted molar refractivity (Wildman–Crippen MR) is 107 cm³/mol. The molecule has 0 aromatic carbocycles. The van der Waals surface area contributed by atoms with Crippen molar-refractivity contribution in [3.63, 3.8) is 0 Å². The molecule has 4 atom stereocenters. The number of ketones is 2. The van der Waals surface area contributed by atoms with E-state index in [0.29, 0.717) is 24.0 Å². The lowest BCUT2D eigenvalue weighted by Crippen LogP contribution is -2.40. The zero-order valence-corrected chi connectivity index (χ0v) is 18.0. The molecule has 156 valence electrons. The second kappa shape index (κ2) is 8.32. The van der Waals surface area contributed by atoms with Crippen LogP contribution in [0, 0.1) is 23.2 Å². The average Bonchev–Trinajstić information content (AvgIpc) is 2.86. The van der Waals surface area contributed by atoms with Crippen LogP contribution in [0.2, 0.25) is 0 Å². The molecule has 2 aliphatic rings. The summed E-state index contributed by atoms with van der Waals surface area (Å²) < 4.78 is 0. The van der Waals surface area contributed by atoms with Crippen molar-refractivity contribution >= 4 is 11.6 Å². The van der Waals surface area contributed by atoms with Crippen molar-refractivity contribution < 1.29 is 19.8 Å². The van der Waals surface area contributed by atoms with Gasteiger partial charge in [-0.25, -0.2) is 0 Å². The molecule has 2 saturated carbocycles. The highest BCUT2D eigenvalue weighted by Gasteiger charge is 2.52. The Bertz CT molecular complexity index is 540. The maximum absolute atomic E-state index is 12.5. The number of carbonyl (C=O) groups excluding carboxylic acids is 2. The minimum absolute atomic E-state index is 0.0620.